The van der Waals surface area contributed by atoms with E-state index in [1.165, 1.54) is 51.0 Å². The number of anilines is 9. The number of nitrogens with zero attached hydrogens (tertiary/aromatic N) is 4. The molecule has 4 amide bonds. The number of aromatic amines is 4. The molecule has 32 heteroatoms. The summed E-state index contributed by atoms with van der Waals surface area (Å²) in [5.74, 6) is 1.92. The number of rotatable bonds is 9. The van der Waals surface area contributed by atoms with Gasteiger partial charge < -0.3 is 83.6 Å². The summed E-state index contributed by atoms with van der Waals surface area (Å²) in [6.07, 6.45) is 12.2. The molecule has 0 aliphatic rings. The van der Waals surface area contributed by atoms with Gasteiger partial charge in [-0.3, -0.25) is 23.7 Å². The van der Waals surface area contributed by atoms with Crippen LogP contribution in [0.15, 0.2) is 212 Å². The van der Waals surface area contributed by atoms with Crippen LogP contribution >= 0.6 is 62.7 Å². The second-order valence-corrected chi connectivity index (χ2v) is 30.8. The highest BCUT2D eigenvalue weighted by Crippen LogP contribution is 2.61. The number of halogens is 5. The number of hydrogen-bond acceptors (Lipinski definition) is 17. The molecule has 0 aliphatic carbocycles. The van der Waals surface area contributed by atoms with Gasteiger partial charge >= 0.3 is 11.2 Å². The highest BCUT2D eigenvalue weighted by molar-refractivity contribution is 8.24. The summed E-state index contributed by atoms with van der Waals surface area (Å²) in [4.78, 5) is 85.7. The molecule has 113 heavy (non-hydrogen) atoms. The molecule has 4 aromatic heterocycles. The summed E-state index contributed by atoms with van der Waals surface area (Å²) < 4.78 is 16.6. The van der Waals surface area contributed by atoms with E-state index in [0.717, 1.165) is 124 Å². The van der Waals surface area contributed by atoms with Gasteiger partial charge in [0.2, 0.25) is 23.6 Å². The van der Waals surface area contributed by atoms with Crippen LogP contribution in [-0.4, -0.2) is 74.6 Å². The number of nitrogen functional groups attached to an aromatic ring is 5. The first-order chi connectivity index (χ1) is 53.2. The first-order valence-electron chi connectivity index (χ1n) is 33.0. The Morgan fingerprint density at radius 2 is 0.646 bits per heavy atom. The summed E-state index contributed by atoms with van der Waals surface area (Å²) in [6.45, 7) is 12.0. The van der Waals surface area contributed by atoms with E-state index in [4.69, 9.17) is 33.8 Å². The molecule has 14 aromatic rings. The third-order valence-corrected chi connectivity index (χ3v) is 14.9. The Bertz CT molecular complexity index is 5490. The van der Waals surface area contributed by atoms with Crippen molar-refractivity contribution in [2.45, 2.75) is 55.9 Å². The summed E-state index contributed by atoms with van der Waals surface area (Å²) in [5.41, 5.74) is 49.3. The van der Waals surface area contributed by atoms with Crippen LogP contribution in [0.5, 0.6) is 0 Å². The number of hydrogen-bond donors (Lipinski definition) is 14. The lowest BCUT2D eigenvalue weighted by molar-refractivity contribution is -0.115. The van der Waals surface area contributed by atoms with E-state index in [-0.39, 0.29) is 36.6 Å². The Kier molecular flexibility index (Phi) is 35.6. The number of nitrogens with one attached hydrogen (secondary N) is 8. The van der Waals surface area contributed by atoms with E-state index in [9.17, 15) is 28.5 Å². The summed E-state index contributed by atoms with van der Waals surface area (Å²) >= 11 is 22.7. The highest BCUT2D eigenvalue weighted by atomic mass is 36.0. The molecule has 0 spiro atoms. The molecular formula is C81H81Cl5N17O9P. The Morgan fingerprint density at radius 1 is 0.389 bits per heavy atom. The standard InChI is InChI=1S/C17H16N4O2.C16H15N3O.C15H14N4O.C14H13N3.C7H10N2.C7H7NO2.2C2HClO.CH4.Cl3OP/c1-10(22)18-13-5-3-12(4-6-13)17-20-15-8-7-14(19-11(2)23)9-16(15)21-17;1-10-3-8-14-15(9-10)19-16(18-14)12-4-6-13(7-5-12)17-11(2)20;1-9(20)17-12-5-2-10(3-6-12)15-18-13-7-4-11(16)8-14(13)19-15;1-9-2-7-12-13(8-9)17-14(16-12)10-3-5-11(15)6-4-10;1-5-2-3-6(8)7(9)4-5;8-6-3-1-5(2-4-6)7(9)10;2*1-2-4-3;;1-5(2,3)4/h3-9H,1-2H3,(H,18,22)(H,19,23)(H,20,21);3-9H,1-2H3,(H,17,20)(H,18,19);2-8H,16H2,1H3,(H,17,20)(H,18,19);2-8H,15H2,1H3,(H,16,17);2-4H,8-9H2,1H3;1-4H,8H2,(H,9,10);2*1H;1H4;. The molecule has 19 N–H and O–H groups in total. The van der Waals surface area contributed by atoms with Crippen LogP contribution in [-0.2, 0) is 32.3 Å². The van der Waals surface area contributed by atoms with Gasteiger partial charge in [0.15, 0.2) is 0 Å². The van der Waals surface area contributed by atoms with E-state index in [0.29, 0.717) is 22.7 Å². The third-order valence-electron chi connectivity index (χ3n) is 14.7. The van der Waals surface area contributed by atoms with Gasteiger partial charge in [0.25, 0.3) is 0 Å². The maximum absolute atomic E-state index is 11.1. The van der Waals surface area contributed by atoms with E-state index in [1.54, 1.807) is 24.3 Å². The first-order valence-corrected chi connectivity index (χ1v) is 38.0. The number of terminal acetylenes is 2. The first kappa shape index (κ1) is 90.4. The number of nitrogens with two attached hydrogens (primary N) is 5. The zero-order valence-electron chi connectivity index (χ0n) is 61.1. The summed E-state index contributed by atoms with van der Waals surface area (Å²) in [5, 5.41) is 16.2. The fraction of sp³-hybridized carbons (Fsp3) is 0.0988. The fourth-order valence-electron chi connectivity index (χ4n) is 9.82. The normalized spacial score (nSPS) is 9.93. The number of carboxylic acid groups (broad SMARTS) is 1. The maximum atomic E-state index is 11.1. The molecule has 0 aliphatic heterocycles. The number of carbonyl (C=O) groups excluding carboxylic acids is 4. The smallest absolute Gasteiger partial charge is 0.339 e. The van der Waals surface area contributed by atoms with E-state index in [1.807, 2.05) is 177 Å². The number of aromatic nitrogens is 8. The van der Waals surface area contributed by atoms with Crippen LogP contribution in [0.2, 0.25) is 0 Å². The number of fused-ring (bicyclic) bond motifs is 4. The van der Waals surface area contributed by atoms with E-state index in [2.05, 4.69) is 172 Å². The van der Waals surface area contributed by atoms with Gasteiger partial charge in [-0.25, -0.2) is 24.7 Å². The summed E-state index contributed by atoms with van der Waals surface area (Å²) in [6, 6.07) is 65.3. The molecule has 26 nitrogen and oxygen atoms in total. The van der Waals surface area contributed by atoms with Crippen molar-refractivity contribution in [1.29, 1.82) is 0 Å². The Morgan fingerprint density at radius 3 is 0.956 bits per heavy atom. The van der Waals surface area contributed by atoms with Gasteiger partial charge in [-0.15, -0.1) is 0 Å². The zero-order chi connectivity index (χ0) is 82.2. The van der Waals surface area contributed by atoms with E-state index >= 15 is 0 Å². The minimum Gasteiger partial charge on any atom is -0.478 e. The number of aryl methyl sites for hydroxylation is 3. The van der Waals surface area contributed by atoms with Gasteiger partial charge in [-0.1, -0.05) is 38.5 Å². The molecule has 0 saturated carbocycles. The van der Waals surface area contributed by atoms with Crippen molar-refractivity contribution in [3.63, 3.8) is 0 Å². The Hall–Kier alpha value is -13.2. The van der Waals surface area contributed by atoms with Crippen LogP contribution in [0.4, 0.5) is 51.2 Å². The minimum absolute atomic E-state index is 0. The SMILES string of the molecule is C.C#COCl.C#COCl.CC(=O)Nc1ccc(-c2nc3ccc(C)cc3[nH]2)cc1.CC(=O)Nc1ccc(-c2nc3ccc(N)cc3[nH]2)cc1.CC(=O)Nc1ccc(-c2nc3ccc(NC(C)=O)cc3[nH]2)cc1.Cc1ccc(N)c(N)c1.Cc1ccc2nc(-c3ccc(N)cc3)[nH]c2c1.Nc1ccc(C(=O)O)cc1.O=P(Cl)(Cl)Cl. The van der Waals surface area contributed by atoms with E-state index < -0.39 is 11.2 Å². The van der Waals surface area contributed by atoms with Crippen LogP contribution in [0.1, 0.15) is 62.2 Å². The highest BCUT2D eigenvalue weighted by Gasteiger charge is 2.12. The van der Waals surface area contributed by atoms with Crippen molar-refractivity contribution in [2.24, 2.45) is 0 Å². The third kappa shape index (κ3) is 31.4. The van der Waals surface area contributed by atoms with Crippen molar-refractivity contribution in [3.8, 4) is 70.6 Å². The zero-order valence-corrected chi connectivity index (χ0v) is 65.8. The number of H-pyrrole nitrogens is 4. The fourth-order valence-corrected chi connectivity index (χ4v) is 9.82. The van der Waals surface area contributed by atoms with Crippen molar-refractivity contribution >= 4 is 188 Å². The molecule has 584 valence electrons. The molecule has 4 heterocycles. The van der Waals surface area contributed by atoms with Crippen molar-refractivity contribution in [3.05, 3.63) is 235 Å². The van der Waals surface area contributed by atoms with Gasteiger partial charge in [-0.05, 0) is 265 Å². The molecule has 14 rings (SSSR count). The molecule has 0 fully saturated rings. The minimum atomic E-state index is -3.22. The lowest BCUT2D eigenvalue weighted by Crippen LogP contribution is -2.05. The quantitative estimate of drug-likeness (QED) is 0.0362. The maximum Gasteiger partial charge on any atom is 0.339 e. The molecule has 10 aromatic carbocycles. The topological polar surface area (TPSA) is 434 Å². The van der Waals surface area contributed by atoms with Gasteiger partial charge in [0.1, 0.15) is 59.2 Å². The largest absolute Gasteiger partial charge is 0.478 e. The average Bonchev–Trinajstić information content (AvgIpc) is 1.66. The van der Waals surface area contributed by atoms with Gasteiger partial charge in [0.05, 0.1) is 61.1 Å². The number of benzene rings is 10. The van der Waals surface area contributed by atoms with Crippen molar-refractivity contribution in [1.82, 2.24) is 39.9 Å². The van der Waals surface area contributed by atoms with Gasteiger partial charge in [-0.2, -0.15) is 0 Å². The Labute approximate surface area is 676 Å². The predicted octanol–water partition coefficient (Wildman–Crippen LogP) is 19.6. The lowest BCUT2D eigenvalue weighted by atomic mass is 10.2. The van der Waals surface area contributed by atoms with Crippen LogP contribution in [0, 0.1) is 45.8 Å². The second-order valence-electron chi connectivity index (χ2n) is 23.8. The second kappa shape index (κ2) is 44.5. The van der Waals surface area contributed by atoms with Crippen LogP contribution < -0.4 is 49.9 Å². The number of carbonyl (C=O) groups is 5. The number of carboxylic acids is 1. The number of imidazole rings is 4. The molecule has 0 radical (unpaired) electrons. The molecule has 0 atom stereocenters. The van der Waals surface area contributed by atoms with Crippen molar-refractivity contribution < 1.29 is 42.2 Å². The summed E-state index contributed by atoms with van der Waals surface area (Å²) in [7, 11) is 0. The monoisotopic (exact) mass is 1640 g/mol. The molecular weight excluding hydrogens is 1560 g/mol. The van der Waals surface area contributed by atoms with Crippen LogP contribution in [0.25, 0.3) is 89.7 Å². The van der Waals surface area contributed by atoms with Gasteiger partial charge in [0, 0.05) is 89.8 Å². The average molecular weight is 1640 g/mol. The molecule has 0 bridgehead atoms. The number of amides is 4. The molecule has 0 unspecified atom stereocenters. The number of aromatic carboxylic acids is 1. The van der Waals surface area contributed by atoms with Crippen LogP contribution in [0.3, 0.4) is 0 Å². The predicted molar refractivity (Wildman–Crippen MR) is 463 cm³/mol. The molecule has 0 saturated heterocycles. The lowest BCUT2D eigenvalue weighted by Gasteiger charge is -2.02. The Balaban J connectivity index is 0.000000239. The van der Waals surface area contributed by atoms with Crippen molar-refractivity contribution in [2.75, 3.05) is 49.9 Å².